The van der Waals surface area contributed by atoms with Crippen molar-refractivity contribution in [3.63, 3.8) is 0 Å². The van der Waals surface area contributed by atoms with E-state index < -0.39 is 0 Å². The predicted molar refractivity (Wildman–Crippen MR) is 82.7 cm³/mol. The monoisotopic (exact) mass is 357 g/mol. The van der Waals surface area contributed by atoms with Crippen LogP contribution in [-0.2, 0) is 6.42 Å². The highest BCUT2D eigenvalue weighted by atomic mass is 79.9. The highest BCUT2D eigenvalue weighted by Gasteiger charge is 2.14. The van der Waals surface area contributed by atoms with Gasteiger partial charge in [0.2, 0.25) is 0 Å². The minimum absolute atomic E-state index is 0.262. The summed E-state index contributed by atoms with van der Waals surface area (Å²) in [7, 11) is 1.61. The van der Waals surface area contributed by atoms with Gasteiger partial charge in [-0.1, -0.05) is 33.6 Å². The Morgan fingerprint density at radius 3 is 2.70 bits per heavy atom. The lowest BCUT2D eigenvalue weighted by Gasteiger charge is -2.16. The summed E-state index contributed by atoms with van der Waals surface area (Å²) in [6.45, 7) is 0. The largest absolute Gasteiger partial charge is 0.497 e. The van der Waals surface area contributed by atoms with Crippen LogP contribution in [0.25, 0.3) is 0 Å². The first-order valence-corrected chi connectivity index (χ1v) is 7.21. The number of nitrogens with two attached hydrogens (primary N) is 1. The third-order valence-corrected chi connectivity index (χ3v) is 4.13. The normalized spacial score (nSPS) is 12.2. The van der Waals surface area contributed by atoms with Gasteiger partial charge >= 0.3 is 0 Å². The maximum atomic E-state index is 13.0. The van der Waals surface area contributed by atoms with Crippen molar-refractivity contribution in [2.45, 2.75) is 12.5 Å². The van der Waals surface area contributed by atoms with E-state index in [1.54, 1.807) is 13.2 Å². The first kappa shape index (κ1) is 15.3. The summed E-state index contributed by atoms with van der Waals surface area (Å²) in [6.07, 6.45) is 0.519. The van der Waals surface area contributed by atoms with Crippen molar-refractivity contribution in [3.05, 3.63) is 62.8 Å². The molecule has 5 heteroatoms. The summed E-state index contributed by atoms with van der Waals surface area (Å²) in [4.78, 5) is 0. The fourth-order valence-electron chi connectivity index (χ4n) is 1.97. The Morgan fingerprint density at radius 1 is 1.30 bits per heavy atom. The molecule has 20 heavy (non-hydrogen) atoms. The predicted octanol–water partition coefficient (Wildman–Crippen LogP) is 4.49. The molecule has 2 aromatic rings. The molecule has 2 aromatic carbocycles. The average molecular weight is 359 g/mol. The number of hydrogen-bond acceptors (Lipinski definition) is 2. The number of methoxy groups -OCH3 is 1. The molecule has 0 bridgehead atoms. The van der Waals surface area contributed by atoms with Crippen LogP contribution in [0, 0.1) is 5.82 Å². The lowest BCUT2D eigenvalue weighted by Crippen LogP contribution is -2.14. The molecular weight excluding hydrogens is 345 g/mol. The summed E-state index contributed by atoms with van der Waals surface area (Å²) in [5, 5.41) is 0.388. The molecule has 0 amide bonds. The first-order chi connectivity index (χ1) is 9.51. The summed E-state index contributed by atoms with van der Waals surface area (Å²) in [5.74, 6) is 0.388. The lowest BCUT2D eigenvalue weighted by atomic mass is 9.99. The topological polar surface area (TPSA) is 35.2 Å². The maximum absolute atomic E-state index is 13.0. The lowest BCUT2D eigenvalue weighted by molar-refractivity contribution is 0.413. The van der Waals surface area contributed by atoms with E-state index in [9.17, 15) is 4.39 Å². The third-order valence-electron chi connectivity index (χ3n) is 3.06. The second-order valence-electron chi connectivity index (χ2n) is 4.43. The van der Waals surface area contributed by atoms with Crippen molar-refractivity contribution in [2.24, 2.45) is 5.73 Å². The van der Waals surface area contributed by atoms with Gasteiger partial charge in [0.05, 0.1) is 7.11 Å². The molecule has 2 N–H and O–H groups in total. The molecule has 2 rings (SSSR count). The number of benzene rings is 2. The van der Waals surface area contributed by atoms with Crippen LogP contribution < -0.4 is 10.5 Å². The van der Waals surface area contributed by atoms with Gasteiger partial charge in [0.15, 0.2) is 0 Å². The van der Waals surface area contributed by atoms with Gasteiger partial charge in [0.25, 0.3) is 0 Å². The Bertz CT molecular complexity index is 621. The molecule has 0 saturated carbocycles. The van der Waals surface area contributed by atoms with E-state index in [0.29, 0.717) is 11.4 Å². The molecule has 0 spiro atoms. The van der Waals surface area contributed by atoms with E-state index in [0.717, 1.165) is 21.3 Å². The van der Waals surface area contributed by atoms with E-state index in [1.807, 2.05) is 18.2 Å². The van der Waals surface area contributed by atoms with Crippen molar-refractivity contribution >= 4 is 27.5 Å². The molecule has 2 nitrogen and oxygen atoms in total. The van der Waals surface area contributed by atoms with Gasteiger partial charge in [-0.05, 0) is 47.9 Å². The van der Waals surface area contributed by atoms with Crippen molar-refractivity contribution in [3.8, 4) is 5.75 Å². The highest BCUT2D eigenvalue weighted by Crippen LogP contribution is 2.30. The summed E-state index contributed by atoms with van der Waals surface area (Å²) in [5.41, 5.74) is 7.96. The zero-order chi connectivity index (χ0) is 14.7. The second kappa shape index (κ2) is 6.57. The van der Waals surface area contributed by atoms with Crippen molar-refractivity contribution in [1.82, 2.24) is 0 Å². The van der Waals surface area contributed by atoms with Gasteiger partial charge in [-0.15, -0.1) is 0 Å². The Labute approximate surface area is 130 Å². The second-order valence-corrected chi connectivity index (χ2v) is 5.70. The molecule has 1 atom stereocenters. The van der Waals surface area contributed by atoms with Crippen LogP contribution in [0.5, 0.6) is 5.75 Å². The molecule has 106 valence electrons. The molecule has 0 aromatic heterocycles. The number of ether oxygens (including phenoxy) is 1. The van der Waals surface area contributed by atoms with Gasteiger partial charge < -0.3 is 10.5 Å². The van der Waals surface area contributed by atoms with Gasteiger partial charge in [-0.3, -0.25) is 0 Å². The molecule has 0 fully saturated rings. The van der Waals surface area contributed by atoms with Gasteiger partial charge in [0.1, 0.15) is 11.6 Å². The van der Waals surface area contributed by atoms with Crippen molar-refractivity contribution in [2.75, 3.05) is 7.11 Å². The van der Waals surface area contributed by atoms with Crippen LogP contribution in [0.1, 0.15) is 17.2 Å². The molecular formula is C15H14BrClFNO. The Hall–Kier alpha value is -1.10. The first-order valence-electron chi connectivity index (χ1n) is 6.04. The van der Waals surface area contributed by atoms with Crippen LogP contribution >= 0.6 is 27.5 Å². The Balaban J connectivity index is 2.25. The third kappa shape index (κ3) is 3.51. The zero-order valence-corrected chi connectivity index (χ0v) is 13.2. The molecule has 0 aliphatic carbocycles. The Kier molecular flexibility index (Phi) is 5.02. The highest BCUT2D eigenvalue weighted by molar-refractivity contribution is 9.10. The van der Waals surface area contributed by atoms with Gasteiger partial charge in [-0.25, -0.2) is 4.39 Å². The fraction of sp³-hybridized carbons (Fsp3) is 0.200. The minimum Gasteiger partial charge on any atom is -0.497 e. The summed E-state index contributed by atoms with van der Waals surface area (Å²) >= 11 is 9.50. The van der Waals surface area contributed by atoms with Crippen molar-refractivity contribution < 1.29 is 9.13 Å². The van der Waals surface area contributed by atoms with Crippen LogP contribution in [0.4, 0.5) is 4.39 Å². The van der Waals surface area contributed by atoms with Crippen LogP contribution in [0.15, 0.2) is 40.9 Å². The average Bonchev–Trinajstić information content (AvgIpc) is 2.42. The maximum Gasteiger partial charge on any atom is 0.124 e. The Morgan fingerprint density at radius 2 is 2.05 bits per heavy atom. The fourth-order valence-corrected chi connectivity index (χ4v) is 2.75. The molecule has 0 aliphatic rings. The number of hydrogen-bond donors (Lipinski definition) is 1. The molecule has 0 saturated heterocycles. The molecule has 0 heterocycles. The molecule has 0 aliphatic heterocycles. The smallest absolute Gasteiger partial charge is 0.124 e. The van der Waals surface area contributed by atoms with E-state index in [4.69, 9.17) is 22.1 Å². The quantitative estimate of drug-likeness (QED) is 0.874. The zero-order valence-electron chi connectivity index (χ0n) is 10.9. The van der Waals surface area contributed by atoms with Crippen LogP contribution in [-0.4, -0.2) is 7.11 Å². The van der Waals surface area contributed by atoms with E-state index in [-0.39, 0.29) is 11.9 Å². The van der Waals surface area contributed by atoms with Gasteiger partial charge in [0, 0.05) is 15.5 Å². The molecule has 1 unspecified atom stereocenters. The number of halogens is 3. The standard InChI is InChI=1S/C15H14BrClFNO/c1-20-11-4-5-13(16)12(8-11)15(19)6-9-2-3-10(18)7-14(9)17/h2-5,7-8,15H,6,19H2,1H3. The minimum atomic E-state index is -0.352. The van der Waals surface area contributed by atoms with E-state index in [1.165, 1.54) is 12.1 Å². The molecule has 0 radical (unpaired) electrons. The van der Waals surface area contributed by atoms with E-state index >= 15 is 0 Å². The summed E-state index contributed by atoms with van der Waals surface area (Å²) in [6, 6.07) is 9.70. The van der Waals surface area contributed by atoms with E-state index in [2.05, 4.69) is 15.9 Å². The van der Waals surface area contributed by atoms with Crippen LogP contribution in [0.2, 0.25) is 5.02 Å². The number of rotatable bonds is 4. The SMILES string of the molecule is COc1ccc(Br)c(C(N)Cc2ccc(F)cc2Cl)c1. The summed E-state index contributed by atoms with van der Waals surface area (Å²) < 4.78 is 19.1. The van der Waals surface area contributed by atoms with Crippen molar-refractivity contribution in [1.29, 1.82) is 0 Å². The van der Waals surface area contributed by atoms with Gasteiger partial charge in [-0.2, -0.15) is 0 Å². The van der Waals surface area contributed by atoms with Crippen LogP contribution in [0.3, 0.4) is 0 Å².